The molecule has 1 aromatic carbocycles. The van der Waals surface area contributed by atoms with Crippen LogP contribution in [-0.4, -0.2) is 28.6 Å². The summed E-state index contributed by atoms with van der Waals surface area (Å²) < 4.78 is 0. The first-order chi connectivity index (χ1) is 8.59. The average molecular weight is 247 g/mol. The number of rotatable bonds is 3. The zero-order valence-electron chi connectivity index (χ0n) is 11.1. The molecule has 2 rings (SSSR count). The molecule has 1 aliphatic heterocycles. The molecule has 0 aliphatic carbocycles. The van der Waals surface area contributed by atoms with Crippen molar-refractivity contribution in [3.8, 4) is 0 Å². The summed E-state index contributed by atoms with van der Waals surface area (Å²) >= 11 is 0. The zero-order valence-corrected chi connectivity index (χ0v) is 11.1. The second-order valence-corrected chi connectivity index (χ2v) is 5.18. The van der Waals surface area contributed by atoms with Crippen molar-refractivity contribution in [3.05, 3.63) is 35.4 Å². The fourth-order valence-electron chi connectivity index (χ4n) is 2.80. The van der Waals surface area contributed by atoms with Crippen LogP contribution in [-0.2, 0) is 4.79 Å². The molecule has 1 heterocycles. The van der Waals surface area contributed by atoms with Crippen LogP contribution in [0.3, 0.4) is 0 Å². The van der Waals surface area contributed by atoms with Gasteiger partial charge < -0.3 is 5.11 Å². The Morgan fingerprint density at radius 2 is 2.22 bits per heavy atom. The van der Waals surface area contributed by atoms with Crippen molar-refractivity contribution in [2.75, 3.05) is 6.54 Å². The van der Waals surface area contributed by atoms with E-state index in [9.17, 15) is 9.90 Å². The highest BCUT2D eigenvalue weighted by Gasteiger charge is 2.32. The monoisotopic (exact) mass is 247 g/mol. The average Bonchev–Trinajstić information content (AvgIpc) is 2.38. The van der Waals surface area contributed by atoms with Crippen molar-refractivity contribution in [3.63, 3.8) is 0 Å². The summed E-state index contributed by atoms with van der Waals surface area (Å²) in [6.07, 6.45) is 2.89. The van der Waals surface area contributed by atoms with E-state index in [2.05, 4.69) is 36.9 Å². The molecule has 0 saturated carbocycles. The first-order valence-electron chi connectivity index (χ1n) is 6.64. The predicted octanol–water partition coefficient (Wildman–Crippen LogP) is 3.00. The van der Waals surface area contributed by atoms with Gasteiger partial charge in [-0.05, 0) is 38.8 Å². The van der Waals surface area contributed by atoms with E-state index in [1.54, 1.807) is 0 Å². The minimum atomic E-state index is -0.686. The van der Waals surface area contributed by atoms with Crippen LogP contribution >= 0.6 is 0 Å². The number of nitrogens with zero attached hydrogens (tertiary/aromatic N) is 1. The number of aliphatic carboxylic acids is 1. The van der Waals surface area contributed by atoms with Crippen LogP contribution in [0.2, 0.25) is 0 Å². The molecule has 2 unspecified atom stereocenters. The van der Waals surface area contributed by atoms with Crippen molar-refractivity contribution in [2.45, 2.75) is 45.2 Å². The minimum absolute atomic E-state index is 0.172. The van der Waals surface area contributed by atoms with E-state index in [1.807, 2.05) is 6.07 Å². The lowest BCUT2D eigenvalue weighted by molar-refractivity contribution is -0.145. The summed E-state index contributed by atoms with van der Waals surface area (Å²) in [5.41, 5.74) is 2.44. The molecular weight excluding hydrogens is 226 g/mol. The van der Waals surface area contributed by atoms with Gasteiger partial charge in [-0.3, -0.25) is 9.69 Å². The number of carboxylic acids is 1. The topological polar surface area (TPSA) is 40.5 Å². The van der Waals surface area contributed by atoms with Gasteiger partial charge in [0.05, 0.1) is 0 Å². The molecule has 0 bridgehead atoms. The van der Waals surface area contributed by atoms with E-state index in [1.165, 1.54) is 11.1 Å². The Morgan fingerprint density at radius 3 is 2.89 bits per heavy atom. The highest BCUT2D eigenvalue weighted by Crippen LogP contribution is 2.28. The van der Waals surface area contributed by atoms with E-state index in [0.717, 1.165) is 25.8 Å². The molecule has 1 aromatic rings. The fourth-order valence-corrected chi connectivity index (χ4v) is 2.80. The lowest BCUT2D eigenvalue weighted by Gasteiger charge is -2.37. The Morgan fingerprint density at radius 1 is 1.44 bits per heavy atom. The quantitative estimate of drug-likeness (QED) is 0.892. The number of hydrogen-bond donors (Lipinski definition) is 1. The molecule has 0 spiro atoms. The van der Waals surface area contributed by atoms with E-state index in [-0.39, 0.29) is 12.1 Å². The van der Waals surface area contributed by atoms with E-state index in [0.29, 0.717) is 0 Å². The Labute approximate surface area is 108 Å². The van der Waals surface area contributed by atoms with Crippen LogP contribution in [0.4, 0.5) is 0 Å². The van der Waals surface area contributed by atoms with Gasteiger partial charge in [-0.15, -0.1) is 0 Å². The van der Waals surface area contributed by atoms with Crippen LogP contribution in [0.25, 0.3) is 0 Å². The molecule has 1 saturated heterocycles. The second kappa shape index (κ2) is 5.53. The number of hydrogen-bond acceptors (Lipinski definition) is 2. The van der Waals surface area contributed by atoms with Gasteiger partial charge >= 0.3 is 5.97 Å². The highest BCUT2D eigenvalue weighted by atomic mass is 16.4. The highest BCUT2D eigenvalue weighted by molar-refractivity contribution is 5.73. The molecule has 1 fully saturated rings. The first kappa shape index (κ1) is 13.1. The maximum atomic E-state index is 11.3. The summed E-state index contributed by atoms with van der Waals surface area (Å²) in [5, 5.41) is 9.32. The van der Waals surface area contributed by atoms with Gasteiger partial charge in [0, 0.05) is 6.04 Å². The van der Waals surface area contributed by atoms with Crippen LogP contribution in [0.5, 0.6) is 0 Å². The van der Waals surface area contributed by atoms with Crippen molar-refractivity contribution >= 4 is 5.97 Å². The lowest BCUT2D eigenvalue weighted by Crippen LogP contribution is -2.45. The standard InChI is InChI=1S/C15H21NO2/c1-11-6-5-7-13(10-11)12(2)16-9-4-3-8-14(16)15(17)18/h5-7,10,12,14H,3-4,8-9H2,1-2H3,(H,17,18). The smallest absolute Gasteiger partial charge is 0.320 e. The molecule has 2 atom stereocenters. The molecule has 1 N–H and O–H groups in total. The van der Waals surface area contributed by atoms with E-state index in [4.69, 9.17) is 0 Å². The van der Waals surface area contributed by atoms with Crippen LogP contribution < -0.4 is 0 Å². The third-order valence-corrected chi connectivity index (χ3v) is 3.85. The normalized spacial score (nSPS) is 22.7. The summed E-state index contributed by atoms with van der Waals surface area (Å²) in [6.45, 7) is 5.06. The SMILES string of the molecule is Cc1cccc(C(C)N2CCCCC2C(=O)O)c1. The van der Waals surface area contributed by atoms with Gasteiger partial charge in [0.2, 0.25) is 0 Å². The number of benzene rings is 1. The van der Waals surface area contributed by atoms with Gasteiger partial charge in [0.15, 0.2) is 0 Å². The maximum Gasteiger partial charge on any atom is 0.320 e. The maximum absolute atomic E-state index is 11.3. The molecule has 1 aliphatic rings. The van der Waals surface area contributed by atoms with Gasteiger partial charge in [-0.2, -0.15) is 0 Å². The molecular formula is C15H21NO2. The molecule has 3 heteroatoms. The van der Waals surface area contributed by atoms with Crippen LogP contribution in [0, 0.1) is 6.92 Å². The van der Waals surface area contributed by atoms with Crippen molar-refractivity contribution in [2.24, 2.45) is 0 Å². The van der Waals surface area contributed by atoms with E-state index < -0.39 is 5.97 Å². The number of aryl methyl sites for hydroxylation is 1. The number of likely N-dealkylation sites (tertiary alicyclic amines) is 1. The minimum Gasteiger partial charge on any atom is -0.480 e. The summed E-state index contributed by atoms with van der Waals surface area (Å²) in [4.78, 5) is 13.5. The third kappa shape index (κ3) is 2.72. The van der Waals surface area contributed by atoms with Crippen molar-refractivity contribution in [1.82, 2.24) is 4.90 Å². The fraction of sp³-hybridized carbons (Fsp3) is 0.533. The van der Waals surface area contributed by atoms with E-state index >= 15 is 0 Å². The molecule has 0 radical (unpaired) electrons. The molecule has 3 nitrogen and oxygen atoms in total. The Bertz CT molecular complexity index is 430. The van der Waals surface area contributed by atoms with Gasteiger partial charge in [-0.25, -0.2) is 0 Å². The largest absolute Gasteiger partial charge is 0.480 e. The molecule has 18 heavy (non-hydrogen) atoms. The number of carboxylic acid groups (broad SMARTS) is 1. The molecule has 0 amide bonds. The predicted molar refractivity (Wildman–Crippen MR) is 71.6 cm³/mol. The summed E-state index contributed by atoms with van der Waals surface area (Å²) in [7, 11) is 0. The van der Waals surface area contributed by atoms with Crippen LogP contribution in [0.1, 0.15) is 43.4 Å². The second-order valence-electron chi connectivity index (χ2n) is 5.18. The lowest BCUT2D eigenvalue weighted by atomic mass is 9.96. The Kier molecular flexibility index (Phi) is 4.02. The first-order valence-corrected chi connectivity index (χ1v) is 6.64. The van der Waals surface area contributed by atoms with Crippen LogP contribution in [0.15, 0.2) is 24.3 Å². The van der Waals surface area contributed by atoms with Gasteiger partial charge in [-0.1, -0.05) is 36.2 Å². The Balaban J connectivity index is 2.20. The van der Waals surface area contributed by atoms with Gasteiger partial charge in [0.25, 0.3) is 0 Å². The molecule has 98 valence electrons. The molecule has 0 aromatic heterocycles. The zero-order chi connectivity index (χ0) is 13.1. The summed E-state index contributed by atoms with van der Waals surface area (Å²) in [5.74, 6) is -0.686. The van der Waals surface area contributed by atoms with Gasteiger partial charge in [0.1, 0.15) is 6.04 Å². The summed E-state index contributed by atoms with van der Waals surface area (Å²) in [6, 6.07) is 8.20. The van der Waals surface area contributed by atoms with Crippen molar-refractivity contribution < 1.29 is 9.90 Å². The van der Waals surface area contributed by atoms with Crippen molar-refractivity contribution in [1.29, 1.82) is 0 Å². The number of piperidine rings is 1. The third-order valence-electron chi connectivity index (χ3n) is 3.85. The Hall–Kier alpha value is -1.35. The number of carbonyl (C=O) groups is 1.